The van der Waals surface area contributed by atoms with Crippen LogP contribution in [-0.2, 0) is 10.0 Å². The number of aromatic nitrogens is 2. The summed E-state index contributed by atoms with van der Waals surface area (Å²) in [5.41, 5.74) is 4.26. The number of hydrogen-bond acceptors (Lipinski definition) is 4. The van der Waals surface area contributed by atoms with Crippen molar-refractivity contribution in [3.8, 4) is 0 Å². The van der Waals surface area contributed by atoms with Gasteiger partial charge in [0.25, 0.3) is 0 Å². The number of rotatable bonds is 6. The number of nitrogens with one attached hydrogen (secondary N) is 3. The van der Waals surface area contributed by atoms with Gasteiger partial charge in [0.2, 0.25) is 10.0 Å². The molecule has 0 bridgehead atoms. The van der Waals surface area contributed by atoms with E-state index in [-0.39, 0.29) is 10.8 Å². The van der Waals surface area contributed by atoms with E-state index in [2.05, 4.69) is 14.7 Å². The fraction of sp³-hybridized carbons (Fsp3) is 0.238. The van der Waals surface area contributed by atoms with Gasteiger partial charge in [0.05, 0.1) is 22.3 Å². The van der Waals surface area contributed by atoms with E-state index in [1.54, 1.807) is 36.4 Å². The van der Waals surface area contributed by atoms with Crippen molar-refractivity contribution in [2.75, 3.05) is 0 Å². The molecule has 2 heterocycles. The van der Waals surface area contributed by atoms with E-state index in [1.807, 2.05) is 13.0 Å². The van der Waals surface area contributed by atoms with Crippen molar-refractivity contribution in [3.63, 3.8) is 0 Å². The van der Waals surface area contributed by atoms with Gasteiger partial charge in [-0.25, -0.2) is 13.1 Å². The van der Waals surface area contributed by atoms with Crippen LogP contribution in [0, 0.1) is 6.92 Å². The van der Waals surface area contributed by atoms with Gasteiger partial charge in [0, 0.05) is 17.3 Å². The van der Waals surface area contributed by atoms with E-state index in [1.165, 1.54) is 0 Å². The van der Waals surface area contributed by atoms with Gasteiger partial charge in [-0.2, -0.15) is 0 Å². The SMILES string of the molecule is Cc1ccc(S(=O)(=O)N[C@@H]2CC[C@@H](c3ccc(C=O)[nH]3)c3cc(C=O)[nH]c32)cc1. The number of hydrogen-bond donors (Lipinski definition) is 3. The van der Waals surface area contributed by atoms with E-state index < -0.39 is 16.1 Å². The Labute approximate surface area is 168 Å². The molecule has 1 aliphatic rings. The quantitative estimate of drug-likeness (QED) is 0.541. The summed E-state index contributed by atoms with van der Waals surface area (Å²) in [6, 6.07) is 11.5. The fourth-order valence-electron chi connectivity index (χ4n) is 3.90. The summed E-state index contributed by atoms with van der Waals surface area (Å²) in [7, 11) is -3.71. The van der Waals surface area contributed by atoms with Crippen molar-refractivity contribution in [1.82, 2.24) is 14.7 Å². The van der Waals surface area contributed by atoms with Crippen LogP contribution in [0.4, 0.5) is 0 Å². The molecule has 2 aromatic heterocycles. The summed E-state index contributed by atoms with van der Waals surface area (Å²) in [6.45, 7) is 1.90. The maximum atomic E-state index is 12.9. The normalized spacial score (nSPS) is 18.9. The first-order valence-electron chi connectivity index (χ1n) is 9.32. The minimum absolute atomic E-state index is 0.0521. The second-order valence-electron chi connectivity index (χ2n) is 7.32. The Morgan fingerprint density at radius 1 is 0.966 bits per heavy atom. The second-order valence-corrected chi connectivity index (χ2v) is 9.03. The van der Waals surface area contributed by atoms with Crippen molar-refractivity contribution in [2.45, 2.75) is 36.6 Å². The molecule has 0 aliphatic heterocycles. The standard InChI is InChI=1S/C21H21N3O4S/c1-13-2-5-16(6-3-13)29(27,28)24-20-9-7-17(19-8-4-14(11-25)22-19)18-10-15(12-26)23-21(18)20/h2-6,8,10-12,17,20,22-24H,7,9H2,1H3/t17-,20-/m1/s1. The molecule has 3 aromatic rings. The molecule has 0 fully saturated rings. The fourth-order valence-corrected chi connectivity index (χ4v) is 5.14. The van der Waals surface area contributed by atoms with Crippen LogP contribution < -0.4 is 4.72 Å². The Morgan fingerprint density at radius 3 is 2.34 bits per heavy atom. The highest BCUT2D eigenvalue weighted by molar-refractivity contribution is 7.89. The van der Waals surface area contributed by atoms with Gasteiger partial charge in [0.1, 0.15) is 0 Å². The minimum atomic E-state index is -3.71. The predicted octanol–water partition coefficient (Wildman–Crippen LogP) is 3.22. The van der Waals surface area contributed by atoms with E-state index in [0.717, 1.165) is 23.1 Å². The zero-order chi connectivity index (χ0) is 20.6. The molecule has 1 aromatic carbocycles. The van der Waals surface area contributed by atoms with Crippen molar-refractivity contribution in [1.29, 1.82) is 0 Å². The molecule has 0 spiro atoms. The van der Waals surface area contributed by atoms with Gasteiger partial charge in [-0.05, 0) is 55.7 Å². The van der Waals surface area contributed by atoms with Gasteiger partial charge in [0.15, 0.2) is 12.6 Å². The summed E-state index contributed by atoms with van der Waals surface area (Å²) in [4.78, 5) is 28.7. The first-order chi connectivity index (χ1) is 13.9. The van der Waals surface area contributed by atoms with Crippen molar-refractivity contribution >= 4 is 22.6 Å². The molecule has 3 N–H and O–H groups in total. The average molecular weight is 411 g/mol. The molecule has 1 aliphatic carbocycles. The molecule has 0 amide bonds. The molecule has 4 rings (SSSR count). The highest BCUT2D eigenvalue weighted by Gasteiger charge is 2.33. The summed E-state index contributed by atoms with van der Waals surface area (Å²) >= 11 is 0. The molecule has 8 heteroatoms. The molecule has 0 saturated heterocycles. The Kier molecular flexibility index (Phi) is 4.97. The Bertz CT molecular complexity index is 1160. The number of aromatic amines is 2. The largest absolute Gasteiger partial charge is 0.356 e. The van der Waals surface area contributed by atoms with Gasteiger partial charge < -0.3 is 9.97 Å². The number of fused-ring (bicyclic) bond motifs is 1. The Morgan fingerprint density at radius 2 is 1.69 bits per heavy atom. The number of aryl methyl sites for hydroxylation is 1. The number of carbonyl (C=O) groups is 2. The molecule has 0 radical (unpaired) electrons. The minimum Gasteiger partial charge on any atom is -0.356 e. The lowest BCUT2D eigenvalue weighted by Crippen LogP contribution is -2.32. The summed E-state index contributed by atoms with van der Waals surface area (Å²) in [5, 5.41) is 0. The lowest BCUT2D eigenvalue weighted by molar-refractivity contribution is 0.111. The number of aldehydes is 2. The first kappa shape index (κ1) is 19.4. The molecule has 2 atom stereocenters. The molecule has 0 unspecified atom stereocenters. The van der Waals surface area contributed by atoms with E-state index in [9.17, 15) is 18.0 Å². The van der Waals surface area contributed by atoms with Crippen LogP contribution in [0.15, 0.2) is 47.4 Å². The molecule has 7 nitrogen and oxygen atoms in total. The summed E-state index contributed by atoms with van der Waals surface area (Å²) in [6.07, 6.45) is 2.69. The van der Waals surface area contributed by atoms with Crippen LogP contribution in [0.25, 0.3) is 0 Å². The van der Waals surface area contributed by atoms with E-state index >= 15 is 0 Å². The zero-order valence-corrected chi connectivity index (χ0v) is 16.6. The van der Waals surface area contributed by atoms with Crippen LogP contribution in [0.2, 0.25) is 0 Å². The Balaban J connectivity index is 1.67. The Hall–Kier alpha value is -2.97. The van der Waals surface area contributed by atoms with Crippen LogP contribution in [0.3, 0.4) is 0 Å². The zero-order valence-electron chi connectivity index (χ0n) is 15.8. The monoisotopic (exact) mass is 411 g/mol. The van der Waals surface area contributed by atoms with E-state index in [4.69, 9.17) is 0 Å². The van der Waals surface area contributed by atoms with Gasteiger partial charge in [-0.15, -0.1) is 0 Å². The molecular weight excluding hydrogens is 390 g/mol. The summed E-state index contributed by atoms with van der Waals surface area (Å²) < 4.78 is 28.5. The number of benzene rings is 1. The van der Waals surface area contributed by atoms with Crippen molar-refractivity contribution in [3.05, 3.63) is 76.4 Å². The van der Waals surface area contributed by atoms with Crippen LogP contribution >= 0.6 is 0 Å². The van der Waals surface area contributed by atoms with Crippen molar-refractivity contribution < 1.29 is 18.0 Å². The molecule has 150 valence electrons. The number of sulfonamides is 1. The average Bonchev–Trinajstić information content (AvgIpc) is 3.35. The third-order valence-electron chi connectivity index (χ3n) is 5.36. The van der Waals surface area contributed by atoms with Crippen LogP contribution in [0.1, 0.15) is 68.3 Å². The lowest BCUT2D eigenvalue weighted by atomic mass is 9.82. The summed E-state index contributed by atoms with van der Waals surface area (Å²) in [5.74, 6) is -0.0521. The van der Waals surface area contributed by atoms with E-state index in [0.29, 0.717) is 36.2 Å². The first-order valence-corrected chi connectivity index (χ1v) is 10.8. The van der Waals surface area contributed by atoms with Crippen molar-refractivity contribution in [2.24, 2.45) is 0 Å². The highest BCUT2D eigenvalue weighted by Crippen LogP contribution is 2.41. The lowest BCUT2D eigenvalue weighted by Gasteiger charge is -2.29. The molecular formula is C21H21N3O4S. The third kappa shape index (κ3) is 3.68. The highest BCUT2D eigenvalue weighted by atomic mass is 32.2. The van der Waals surface area contributed by atoms with Gasteiger partial charge >= 0.3 is 0 Å². The molecule has 0 saturated carbocycles. The topological polar surface area (TPSA) is 112 Å². The predicted molar refractivity (Wildman–Crippen MR) is 108 cm³/mol. The van der Waals surface area contributed by atoms with Gasteiger partial charge in [-0.1, -0.05) is 17.7 Å². The molecule has 29 heavy (non-hydrogen) atoms. The maximum absolute atomic E-state index is 12.9. The van der Waals surface area contributed by atoms with Crippen LogP contribution in [0.5, 0.6) is 0 Å². The van der Waals surface area contributed by atoms with Gasteiger partial charge in [-0.3, -0.25) is 9.59 Å². The number of H-pyrrole nitrogens is 2. The second kappa shape index (κ2) is 7.46. The maximum Gasteiger partial charge on any atom is 0.241 e. The van der Waals surface area contributed by atoms with Crippen LogP contribution in [-0.4, -0.2) is 31.0 Å². The number of carbonyl (C=O) groups excluding carboxylic acids is 2. The third-order valence-corrected chi connectivity index (χ3v) is 6.85. The smallest absolute Gasteiger partial charge is 0.241 e.